The number of non-ortho nitro benzene ring substituents is 1. The predicted octanol–water partition coefficient (Wildman–Crippen LogP) is 3.47. The third-order valence-corrected chi connectivity index (χ3v) is 4.90. The Morgan fingerprint density at radius 1 is 1.22 bits per heavy atom. The van der Waals surface area contributed by atoms with Crippen LogP contribution in [0.2, 0.25) is 0 Å². The van der Waals surface area contributed by atoms with Gasteiger partial charge in [-0.2, -0.15) is 0 Å². The number of ether oxygens (including phenoxy) is 2. The molecule has 3 N–H and O–H groups in total. The van der Waals surface area contributed by atoms with Gasteiger partial charge in [-0.15, -0.1) is 24.0 Å². The highest BCUT2D eigenvalue weighted by Gasteiger charge is 2.18. The van der Waals surface area contributed by atoms with E-state index in [-0.39, 0.29) is 35.8 Å². The van der Waals surface area contributed by atoms with Crippen molar-refractivity contribution in [3.05, 3.63) is 63.7 Å². The van der Waals surface area contributed by atoms with Crippen LogP contribution in [-0.2, 0) is 11.3 Å². The van der Waals surface area contributed by atoms with Gasteiger partial charge < -0.3 is 25.4 Å². The van der Waals surface area contributed by atoms with E-state index >= 15 is 0 Å². The molecule has 10 heteroatoms. The van der Waals surface area contributed by atoms with Gasteiger partial charge in [-0.3, -0.25) is 15.1 Å². The van der Waals surface area contributed by atoms with Gasteiger partial charge in [-0.05, 0) is 30.7 Å². The van der Waals surface area contributed by atoms with E-state index in [1.54, 1.807) is 19.2 Å². The minimum atomic E-state index is -0.410. The maximum Gasteiger partial charge on any atom is 0.269 e. The highest BCUT2D eigenvalue weighted by molar-refractivity contribution is 14.0. The second-order valence-electron chi connectivity index (χ2n) is 7.30. The Balaban J connectivity index is 0.00000363. The number of guanidine groups is 1. The van der Waals surface area contributed by atoms with Crippen molar-refractivity contribution in [1.29, 1.82) is 0 Å². The SMILES string of the molecule is CN=C(NCCNc1ccc([N+](=O)[O-])cc1)NCc1ccc(C)cc1OC1CCOC1.I. The van der Waals surface area contributed by atoms with Crippen molar-refractivity contribution in [3.8, 4) is 5.75 Å². The van der Waals surface area contributed by atoms with E-state index in [4.69, 9.17) is 9.47 Å². The van der Waals surface area contributed by atoms with E-state index in [9.17, 15) is 10.1 Å². The molecule has 0 aromatic heterocycles. The molecule has 3 rings (SSSR count). The molecular formula is C22H30IN5O4. The quantitative estimate of drug-likeness (QED) is 0.109. The molecule has 1 unspecified atom stereocenters. The second-order valence-corrected chi connectivity index (χ2v) is 7.30. The van der Waals surface area contributed by atoms with Crippen LogP contribution in [0.15, 0.2) is 47.5 Å². The monoisotopic (exact) mass is 555 g/mol. The molecule has 1 saturated heterocycles. The van der Waals surface area contributed by atoms with E-state index in [1.165, 1.54) is 12.1 Å². The fourth-order valence-corrected chi connectivity index (χ4v) is 3.19. The normalized spacial score (nSPS) is 15.6. The molecule has 1 atom stereocenters. The largest absolute Gasteiger partial charge is 0.488 e. The molecule has 0 amide bonds. The van der Waals surface area contributed by atoms with Gasteiger partial charge in [-0.1, -0.05) is 12.1 Å². The first kappa shape index (κ1) is 25.7. The number of rotatable bonds is 9. The molecule has 1 aliphatic rings. The third-order valence-electron chi connectivity index (χ3n) is 4.90. The Kier molecular flexibility index (Phi) is 10.5. The average molecular weight is 555 g/mol. The van der Waals surface area contributed by atoms with Gasteiger partial charge >= 0.3 is 0 Å². The van der Waals surface area contributed by atoms with E-state index in [0.717, 1.165) is 35.6 Å². The van der Waals surface area contributed by atoms with Crippen molar-refractivity contribution in [2.45, 2.75) is 26.0 Å². The van der Waals surface area contributed by atoms with Crippen molar-refractivity contribution in [2.24, 2.45) is 4.99 Å². The number of benzene rings is 2. The number of aryl methyl sites for hydroxylation is 1. The molecule has 2 aromatic carbocycles. The van der Waals surface area contributed by atoms with Crippen LogP contribution in [0.5, 0.6) is 5.75 Å². The Labute approximate surface area is 205 Å². The van der Waals surface area contributed by atoms with E-state index < -0.39 is 4.92 Å². The number of hydrogen-bond acceptors (Lipinski definition) is 6. The lowest BCUT2D eigenvalue weighted by atomic mass is 10.1. The zero-order chi connectivity index (χ0) is 22.1. The zero-order valence-electron chi connectivity index (χ0n) is 18.3. The first-order valence-corrected chi connectivity index (χ1v) is 10.3. The van der Waals surface area contributed by atoms with Crippen LogP contribution in [0.25, 0.3) is 0 Å². The number of nitrogens with zero attached hydrogens (tertiary/aromatic N) is 2. The third kappa shape index (κ3) is 7.83. The van der Waals surface area contributed by atoms with Gasteiger partial charge in [-0.25, -0.2) is 0 Å². The first-order valence-electron chi connectivity index (χ1n) is 10.3. The Hall–Kier alpha value is -2.60. The van der Waals surface area contributed by atoms with Crippen LogP contribution in [-0.4, -0.2) is 50.3 Å². The molecule has 0 aliphatic carbocycles. The van der Waals surface area contributed by atoms with Crippen LogP contribution in [0, 0.1) is 17.0 Å². The Morgan fingerprint density at radius 2 is 2.00 bits per heavy atom. The maximum atomic E-state index is 10.7. The van der Waals surface area contributed by atoms with Gasteiger partial charge in [0.1, 0.15) is 11.9 Å². The number of nitro groups is 1. The number of nitro benzene ring substituents is 1. The number of aliphatic imine (C=N–C) groups is 1. The lowest BCUT2D eigenvalue weighted by Gasteiger charge is -2.18. The predicted molar refractivity (Wildman–Crippen MR) is 136 cm³/mol. The maximum absolute atomic E-state index is 10.7. The number of hydrogen-bond donors (Lipinski definition) is 3. The Morgan fingerprint density at radius 3 is 2.66 bits per heavy atom. The van der Waals surface area contributed by atoms with Crippen LogP contribution in [0.4, 0.5) is 11.4 Å². The van der Waals surface area contributed by atoms with Crippen molar-refractivity contribution < 1.29 is 14.4 Å². The summed E-state index contributed by atoms with van der Waals surface area (Å²) in [7, 11) is 1.72. The smallest absolute Gasteiger partial charge is 0.269 e. The molecule has 174 valence electrons. The molecule has 0 saturated carbocycles. The van der Waals surface area contributed by atoms with Crippen LogP contribution >= 0.6 is 24.0 Å². The Bertz CT molecular complexity index is 902. The van der Waals surface area contributed by atoms with Gasteiger partial charge in [0, 0.05) is 56.5 Å². The minimum Gasteiger partial charge on any atom is -0.488 e. The molecule has 32 heavy (non-hydrogen) atoms. The summed E-state index contributed by atoms with van der Waals surface area (Å²) in [6, 6.07) is 12.5. The van der Waals surface area contributed by atoms with E-state index in [0.29, 0.717) is 32.2 Å². The summed E-state index contributed by atoms with van der Waals surface area (Å²) < 4.78 is 11.6. The van der Waals surface area contributed by atoms with Crippen molar-refractivity contribution >= 4 is 41.3 Å². The molecule has 0 bridgehead atoms. The summed E-state index contributed by atoms with van der Waals surface area (Å²) in [5.41, 5.74) is 3.11. The molecule has 1 heterocycles. The summed E-state index contributed by atoms with van der Waals surface area (Å²) in [5.74, 6) is 1.56. The van der Waals surface area contributed by atoms with Crippen LogP contribution < -0.4 is 20.7 Å². The molecular weight excluding hydrogens is 525 g/mol. The van der Waals surface area contributed by atoms with Crippen LogP contribution in [0.1, 0.15) is 17.5 Å². The molecule has 1 aliphatic heterocycles. The van der Waals surface area contributed by atoms with Gasteiger partial charge in [0.05, 0.1) is 18.1 Å². The molecule has 1 fully saturated rings. The summed E-state index contributed by atoms with van der Waals surface area (Å²) in [6.45, 7) is 5.28. The second kappa shape index (κ2) is 13.1. The molecule has 9 nitrogen and oxygen atoms in total. The first-order chi connectivity index (χ1) is 15.0. The minimum absolute atomic E-state index is 0. The molecule has 0 radical (unpaired) electrons. The van der Waals surface area contributed by atoms with Crippen molar-refractivity contribution in [2.75, 3.05) is 38.7 Å². The van der Waals surface area contributed by atoms with Crippen LogP contribution in [0.3, 0.4) is 0 Å². The highest BCUT2D eigenvalue weighted by atomic mass is 127. The van der Waals surface area contributed by atoms with Gasteiger partial charge in [0.2, 0.25) is 0 Å². The summed E-state index contributed by atoms with van der Waals surface area (Å²) in [6.07, 6.45) is 1.01. The lowest BCUT2D eigenvalue weighted by Crippen LogP contribution is -2.39. The topological polar surface area (TPSA) is 110 Å². The number of nitrogens with one attached hydrogen (secondary N) is 3. The highest BCUT2D eigenvalue weighted by Crippen LogP contribution is 2.23. The average Bonchev–Trinajstić information content (AvgIpc) is 3.28. The zero-order valence-corrected chi connectivity index (χ0v) is 20.6. The fourth-order valence-electron chi connectivity index (χ4n) is 3.19. The van der Waals surface area contributed by atoms with Crippen molar-refractivity contribution in [1.82, 2.24) is 10.6 Å². The summed E-state index contributed by atoms with van der Waals surface area (Å²) in [4.78, 5) is 14.6. The number of halogens is 1. The van der Waals surface area contributed by atoms with Gasteiger partial charge in [0.15, 0.2) is 5.96 Å². The molecule has 0 spiro atoms. The molecule has 2 aromatic rings. The van der Waals surface area contributed by atoms with E-state index in [1.807, 2.05) is 6.92 Å². The van der Waals surface area contributed by atoms with E-state index in [2.05, 4.69) is 39.1 Å². The van der Waals surface area contributed by atoms with Gasteiger partial charge in [0.25, 0.3) is 5.69 Å². The summed E-state index contributed by atoms with van der Waals surface area (Å²) in [5, 5.41) is 20.5. The fraction of sp³-hybridized carbons (Fsp3) is 0.409. The summed E-state index contributed by atoms with van der Waals surface area (Å²) >= 11 is 0. The lowest BCUT2D eigenvalue weighted by molar-refractivity contribution is -0.384. The standard InChI is InChI=1S/C22H29N5O4.HI/c1-16-3-4-17(21(13-16)31-20-9-12-30-15-20)14-26-22(23-2)25-11-10-24-18-5-7-19(8-6-18)27(28)29;/h3-8,13,20,24H,9-12,14-15H2,1-2H3,(H2,23,25,26);1H. The van der Waals surface area contributed by atoms with Crippen molar-refractivity contribution in [3.63, 3.8) is 0 Å². The number of anilines is 1.